The molecule has 0 aromatic heterocycles. The normalized spacial score (nSPS) is 35.5. The van der Waals surface area contributed by atoms with E-state index in [4.69, 9.17) is 9.47 Å². The minimum absolute atomic E-state index is 0.0253. The third kappa shape index (κ3) is 3.14. The maximum Gasteiger partial charge on any atom is 0.226 e. The number of ether oxygens (including phenoxy) is 2. The van der Waals surface area contributed by atoms with Gasteiger partial charge >= 0.3 is 0 Å². The van der Waals surface area contributed by atoms with Gasteiger partial charge in [-0.2, -0.15) is 0 Å². The second kappa shape index (κ2) is 7.05. The summed E-state index contributed by atoms with van der Waals surface area (Å²) in [5.41, 5.74) is 1.20. The molecule has 0 radical (unpaired) electrons. The first-order chi connectivity index (χ1) is 13.6. The first-order valence-corrected chi connectivity index (χ1v) is 11.1. The summed E-state index contributed by atoms with van der Waals surface area (Å²) in [6.07, 6.45) is 9.43. The third-order valence-electron chi connectivity index (χ3n) is 8.26. The van der Waals surface area contributed by atoms with Crippen molar-refractivity contribution in [2.45, 2.75) is 56.8 Å². The molecule has 0 atom stereocenters. The lowest BCUT2D eigenvalue weighted by atomic mass is 9.49. The van der Waals surface area contributed by atoms with Crippen LogP contribution in [0.25, 0.3) is 0 Å². The summed E-state index contributed by atoms with van der Waals surface area (Å²) in [6, 6.07) is 8.41. The van der Waals surface area contributed by atoms with Crippen molar-refractivity contribution in [2.75, 3.05) is 26.9 Å². The molecule has 4 bridgehead atoms. The van der Waals surface area contributed by atoms with Crippen LogP contribution in [0, 0.1) is 23.2 Å². The van der Waals surface area contributed by atoms with Gasteiger partial charge in [0.2, 0.25) is 5.91 Å². The Hall–Kier alpha value is -1.55. The molecule has 1 N–H and O–H groups in total. The number of rotatable bonds is 5. The van der Waals surface area contributed by atoms with Crippen LogP contribution in [0.15, 0.2) is 24.3 Å². The Morgan fingerprint density at radius 2 is 1.61 bits per heavy atom. The van der Waals surface area contributed by atoms with Crippen LogP contribution >= 0.6 is 0 Å². The molecule has 1 saturated heterocycles. The van der Waals surface area contributed by atoms with Crippen molar-refractivity contribution >= 4 is 5.91 Å². The van der Waals surface area contributed by atoms with Crippen molar-refractivity contribution in [2.24, 2.45) is 23.2 Å². The largest absolute Gasteiger partial charge is 0.497 e. The molecule has 1 aromatic carbocycles. The highest BCUT2D eigenvalue weighted by atomic mass is 16.5. The van der Waals surface area contributed by atoms with E-state index in [1.165, 1.54) is 24.8 Å². The van der Waals surface area contributed by atoms with Gasteiger partial charge in [-0.3, -0.25) is 4.79 Å². The smallest absolute Gasteiger partial charge is 0.226 e. The molecule has 1 amide bonds. The van der Waals surface area contributed by atoms with Gasteiger partial charge in [0.15, 0.2) is 0 Å². The number of benzene rings is 1. The van der Waals surface area contributed by atoms with Gasteiger partial charge < -0.3 is 14.8 Å². The lowest BCUT2D eigenvalue weighted by molar-refractivity contribution is -0.146. The van der Waals surface area contributed by atoms with Crippen LogP contribution in [0.4, 0.5) is 0 Å². The third-order valence-corrected chi connectivity index (χ3v) is 8.26. The van der Waals surface area contributed by atoms with Gasteiger partial charge in [0.1, 0.15) is 5.75 Å². The van der Waals surface area contributed by atoms with E-state index in [1.807, 2.05) is 12.1 Å². The van der Waals surface area contributed by atoms with Gasteiger partial charge in [-0.25, -0.2) is 0 Å². The van der Waals surface area contributed by atoms with Crippen molar-refractivity contribution in [3.05, 3.63) is 29.8 Å². The van der Waals surface area contributed by atoms with Crippen molar-refractivity contribution < 1.29 is 14.3 Å². The summed E-state index contributed by atoms with van der Waals surface area (Å²) in [6.45, 7) is 2.25. The zero-order chi connectivity index (χ0) is 19.2. The van der Waals surface area contributed by atoms with Crippen LogP contribution in [0.1, 0.15) is 56.9 Å². The number of hydrogen-bond donors (Lipinski definition) is 1. The molecular weight excluding hydrogens is 350 g/mol. The summed E-state index contributed by atoms with van der Waals surface area (Å²) in [4.78, 5) is 13.5. The molecule has 28 heavy (non-hydrogen) atoms. The molecule has 5 fully saturated rings. The fraction of sp³-hybridized carbons (Fsp3) is 0.708. The second-order valence-corrected chi connectivity index (χ2v) is 10.0. The van der Waals surface area contributed by atoms with E-state index in [9.17, 15) is 4.79 Å². The zero-order valence-electron chi connectivity index (χ0n) is 17.0. The SMILES string of the molecule is COc1ccc(C2(CNC(=O)C34CC5CC(CC(C5)C3)C4)CCOCC2)cc1. The van der Waals surface area contributed by atoms with Crippen molar-refractivity contribution in [1.29, 1.82) is 0 Å². The van der Waals surface area contributed by atoms with Crippen LogP contribution in [0.2, 0.25) is 0 Å². The average molecular weight is 384 g/mol. The summed E-state index contributed by atoms with van der Waals surface area (Å²) < 4.78 is 11.0. The molecule has 4 aliphatic carbocycles. The second-order valence-electron chi connectivity index (χ2n) is 10.0. The van der Waals surface area contributed by atoms with E-state index in [1.54, 1.807) is 7.11 Å². The maximum atomic E-state index is 13.5. The maximum absolute atomic E-state index is 13.5. The van der Waals surface area contributed by atoms with E-state index in [0.717, 1.165) is 75.4 Å². The molecular formula is C24H33NO3. The fourth-order valence-electron chi connectivity index (χ4n) is 7.10. The topological polar surface area (TPSA) is 47.6 Å². The molecule has 1 aromatic rings. The fourth-order valence-corrected chi connectivity index (χ4v) is 7.10. The van der Waals surface area contributed by atoms with Crippen molar-refractivity contribution in [1.82, 2.24) is 5.32 Å². The predicted octanol–water partition coefficient (Wildman–Crippen LogP) is 4.08. The van der Waals surface area contributed by atoms with Crippen LogP contribution in [0.5, 0.6) is 5.75 Å². The molecule has 152 valence electrons. The Bertz CT molecular complexity index is 685. The van der Waals surface area contributed by atoms with E-state index >= 15 is 0 Å². The van der Waals surface area contributed by atoms with E-state index in [-0.39, 0.29) is 10.8 Å². The molecule has 4 saturated carbocycles. The van der Waals surface area contributed by atoms with Gasteiger partial charge in [0.05, 0.1) is 7.11 Å². The van der Waals surface area contributed by atoms with E-state index in [0.29, 0.717) is 5.91 Å². The van der Waals surface area contributed by atoms with E-state index in [2.05, 4.69) is 17.4 Å². The zero-order valence-corrected chi connectivity index (χ0v) is 17.0. The highest BCUT2D eigenvalue weighted by molar-refractivity contribution is 5.83. The van der Waals surface area contributed by atoms with Gasteiger partial charge in [-0.15, -0.1) is 0 Å². The molecule has 0 spiro atoms. The lowest BCUT2D eigenvalue weighted by Gasteiger charge is -2.55. The van der Waals surface area contributed by atoms with Crippen LogP contribution in [-0.4, -0.2) is 32.8 Å². The molecule has 1 aliphatic heterocycles. The number of hydrogen-bond acceptors (Lipinski definition) is 3. The molecule has 6 rings (SSSR count). The first-order valence-electron chi connectivity index (χ1n) is 11.1. The average Bonchev–Trinajstić information content (AvgIpc) is 2.72. The summed E-state index contributed by atoms with van der Waals surface area (Å²) in [7, 11) is 1.70. The number of carbonyl (C=O) groups excluding carboxylic acids is 1. The summed E-state index contributed by atoms with van der Waals surface area (Å²) in [5.74, 6) is 3.62. The molecule has 4 heteroatoms. The number of methoxy groups -OCH3 is 1. The van der Waals surface area contributed by atoms with Crippen molar-refractivity contribution in [3.8, 4) is 5.75 Å². The van der Waals surface area contributed by atoms with Crippen molar-refractivity contribution in [3.63, 3.8) is 0 Å². The minimum Gasteiger partial charge on any atom is -0.497 e. The highest BCUT2D eigenvalue weighted by Gasteiger charge is 2.54. The van der Waals surface area contributed by atoms with E-state index < -0.39 is 0 Å². The Labute approximate surface area is 168 Å². The van der Waals surface area contributed by atoms with Gasteiger partial charge in [-0.05, 0) is 86.8 Å². The Kier molecular flexibility index (Phi) is 4.65. The molecule has 5 aliphatic rings. The number of amides is 1. The monoisotopic (exact) mass is 383 g/mol. The molecule has 0 unspecified atom stereocenters. The quantitative estimate of drug-likeness (QED) is 0.834. The molecule has 1 heterocycles. The Morgan fingerprint density at radius 3 is 2.14 bits per heavy atom. The Morgan fingerprint density at radius 1 is 1.04 bits per heavy atom. The van der Waals surface area contributed by atoms with Crippen LogP contribution in [-0.2, 0) is 14.9 Å². The van der Waals surface area contributed by atoms with Crippen LogP contribution in [0.3, 0.4) is 0 Å². The summed E-state index contributed by atoms with van der Waals surface area (Å²) in [5, 5.41) is 3.45. The lowest BCUT2D eigenvalue weighted by Crippen LogP contribution is -2.55. The minimum atomic E-state index is -0.0684. The highest BCUT2D eigenvalue weighted by Crippen LogP contribution is 2.60. The standard InChI is InChI=1S/C24H33NO3/c1-27-21-4-2-20(3-5-21)23(6-8-28-9-7-23)16-25-22(26)24-13-17-10-18(14-24)12-19(11-17)15-24/h2-5,17-19H,6-16H2,1H3,(H,25,26). The van der Waals surface area contributed by atoms with Gasteiger partial charge in [0, 0.05) is 30.6 Å². The van der Waals surface area contributed by atoms with Crippen LogP contribution < -0.4 is 10.1 Å². The first kappa shape index (κ1) is 18.5. The number of carbonyl (C=O) groups is 1. The summed E-state index contributed by atoms with van der Waals surface area (Å²) >= 11 is 0. The van der Waals surface area contributed by atoms with Gasteiger partial charge in [0.25, 0.3) is 0 Å². The van der Waals surface area contributed by atoms with Gasteiger partial charge in [-0.1, -0.05) is 12.1 Å². The predicted molar refractivity (Wildman–Crippen MR) is 108 cm³/mol. The molecule has 4 nitrogen and oxygen atoms in total. The Balaban J connectivity index is 1.33. The number of nitrogens with one attached hydrogen (secondary N) is 1.